The van der Waals surface area contributed by atoms with Crippen molar-refractivity contribution in [1.29, 1.82) is 0 Å². The molecule has 0 N–H and O–H groups in total. The Bertz CT molecular complexity index is 1780. The van der Waals surface area contributed by atoms with Crippen LogP contribution in [0.15, 0.2) is 121 Å². The van der Waals surface area contributed by atoms with Crippen LogP contribution in [-0.2, 0) is 5.41 Å². The van der Waals surface area contributed by atoms with Crippen LogP contribution in [0.3, 0.4) is 0 Å². The minimum atomic E-state index is -0.472. The van der Waals surface area contributed by atoms with Gasteiger partial charge in [-0.15, -0.1) is 10.2 Å². The molecular formula is C33H20N2OS. The predicted molar refractivity (Wildman–Crippen MR) is 148 cm³/mol. The Labute approximate surface area is 218 Å². The monoisotopic (exact) mass is 492 g/mol. The van der Waals surface area contributed by atoms with Crippen molar-refractivity contribution in [3.05, 3.63) is 144 Å². The van der Waals surface area contributed by atoms with Crippen LogP contribution in [0.5, 0.6) is 11.5 Å². The first-order chi connectivity index (χ1) is 18.3. The molecular weight excluding hydrogens is 472 g/mol. The molecule has 0 bridgehead atoms. The summed E-state index contributed by atoms with van der Waals surface area (Å²) in [6, 6.07) is 42.7. The number of hydrogen-bond donors (Lipinski definition) is 0. The Kier molecular flexibility index (Phi) is 4.31. The van der Waals surface area contributed by atoms with Gasteiger partial charge < -0.3 is 4.74 Å². The van der Waals surface area contributed by atoms with Gasteiger partial charge in [-0.3, -0.25) is 0 Å². The fraction of sp³-hybridized carbons (Fsp3) is 0.0303. The maximum atomic E-state index is 6.53. The molecule has 0 fully saturated rings. The molecule has 0 atom stereocenters. The number of fused-ring (bicyclic) bond motifs is 9. The van der Waals surface area contributed by atoms with E-state index < -0.39 is 5.41 Å². The summed E-state index contributed by atoms with van der Waals surface area (Å²) in [5.41, 5.74) is 9.07. The molecule has 0 unspecified atom stereocenters. The van der Waals surface area contributed by atoms with Crippen LogP contribution in [0.25, 0.3) is 32.3 Å². The first-order valence-corrected chi connectivity index (χ1v) is 13.2. The Morgan fingerprint density at radius 3 is 1.78 bits per heavy atom. The maximum Gasteiger partial charge on any atom is 0.148 e. The standard InChI is InChI=1S/C33H20N2OS/c1-2-10-21(11-3-1)31-34-35-32(37-31)22-18-19-30-28(20-22)33(27-16-8-9-17-29(27)36-30)25-14-6-4-12-23(25)24-13-5-7-15-26(24)33/h1-20H. The number of hydrogen-bond acceptors (Lipinski definition) is 4. The highest BCUT2D eigenvalue weighted by Crippen LogP contribution is 2.62. The van der Waals surface area contributed by atoms with Crippen molar-refractivity contribution in [2.45, 2.75) is 5.41 Å². The van der Waals surface area contributed by atoms with Crippen molar-refractivity contribution in [2.24, 2.45) is 0 Å². The van der Waals surface area contributed by atoms with E-state index in [-0.39, 0.29) is 0 Å². The van der Waals surface area contributed by atoms with Crippen LogP contribution < -0.4 is 4.74 Å². The second-order valence-electron chi connectivity index (χ2n) is 9.43. The molecule has 1 aromatic heterocycles. The number of aromatic nitrogens is 2. The molecule has 8 rings (SSSR count). The van der Waals surface area contributed by atoms with Crippen LogP contribution in [0, 0.1) is 0 Å². The summed E-state index contributed by atoms with van der Waals surface area (Å²) in [5, 5.41) is 10.9. The lowest BCUT2D eigenvalue weighted by Gasteiger charge is -2.39. The third kappa shape index (κ3) is 2.82. The summed E-state index contributed by atoms with van der Waals surface area (Å²) in [6.07, 6.45) is 0. The topological polar surface area (TPSA) is 35.0 Å². The molecule has 0 radical (unpaired) electrons. The van der Waals surface area contributed by atoms with Gasteiger partial charge in [-0.2, -0.15) is 0 Å². The van der Waals surface area contributed by atoms with E-state index >= 15 is 0 Å². The zero-order chi connectivity index (χ0) is 24.4. The van der Waals surface area contributed by atoms with Gasteiger partial charge >= 0.3 is 0 Å². The SMILES string of the molecule is c1ccc(-c2nnc(-c3ccc4c(c3)C3(c5ccccc5O4)c4ccccc4-c4ccccc43)s2)cc1. The Morgan fingerprint density at radius 1 is 0.486 bits per heavy atom. The molecule has 3 nitrogen and oxygen atoms in total. The smallest absolute Gasteiger partial charge is 0.148 e. The van der Waals surface area contributed by atoms with E-state index in [1.165, 1.54) is 27.8 Å². The van der Waals surface area contributed by atoms with Gasteiger partial charge in [-0.05, 0) is 46.5 Å². The molecule has 174 valence electrons. The Balaban J connectivity index is 1.40. The van der Waals surface area contributed by atoms with Crippen molar-refractivity contribution in [2.75, 3.05) is 0 Å². The molecule has 0 amide bonds. The first-order valence-electron chi connectivity index (χ1n) is 12.3. The minimum Gasteiger partial charge on any atom is -0.457 e. The quantitative estimate of drug-likeness (QED) is 0.243. The van der Waals surface area contributed by atoms with E-state index in [2.05, 4.69) is 107 Å². The molecule has 6 aromatic rings. The molecule has 1 aliphatic carbocycles. The molecule has 1 aliphatic heterocycles. The molecule has 0 saturated heterocycles. The van der Waals surface area contributed by atoms with E-state index in [0.29, 0.717) is 0 Å². The lowest BCUT2D eigenvalue weighted by molar-refractivity contribution is 0.436. The van der Waals surface area contributed by atoms with Gasteiger partial charge in [0, 0.05) is 22.3 Å². The van der Waals surface area contributed by atoms with E-state index in [0.717, 1.165) is 38.2 Å². The highest BCUT2D eigenvalue weighted by Gasteiger charge is 2.51. The van der Waals surface area contributed by atoms with Gasteiger partial charge in [0.05, 0.1) is 5.41 Å². The van der Waals surface area contributed by atoms with Crippen LogP contribution in [0.1, 0.15) is 22.3 Å². The van der Waals surface area contributed by atoms with Gasteiger partial charge in [0.1, 0.15) is 21.5 Å². The zero-order valence-corrected chi connectivity index (χ0v) is 20.6. The van der Waals surface area contributed by atoms with E-state index in [1.54, 1.807) is 11.3 Å². The van der Waals surface area contributed by atoms with Crippen molar-refractivity contribution < 1.29 is 4.74 Å². The van der Waals surface area contributed by atoms with Crippen molar-refractivity contribution in [3.63, 3.8) is 0 Å². The summed E-state index contributed by atoms with van der Waals surface area (Å²) in [6.45, 7) is 0. The van der Waals surface area contributed by atoms with E-state index in [9.17, 15) is 0 Å². The highest BCUT2D eigenvalue weighted by atomic mass is 32.1. The molecule has 2 heterocycles. The minimum absolute atomic E-state index is 0.472. The van der Waals surface area contributed by atoms with Crippen LogP contribution in [-0.4, -0.2) is 10.2 Å². The van der Waals surface area contributed by atoms with Crippen LogP contribution in [0.4, 0.5) is 0 Å². The van der Waals surface area contributed by atoms with Crippen molar-refractivity contribution in [3.8, 4) is 43.8 Å². The molecule has 4 heteroatoms. The third-order valence-corrected chi connectivity index (χ3v) is 8.56. The molecule has 5 aromatic carbocycles. The fourth-order valence-electron chi connectivity index (χ4n) is 6.03. The molecule has 37 heavy (non-hydrogen) atoms. The van der Waals surface area contributed by atoms with Crippen LogP contribution in [0.2, 0.25) is 0 Å². The van der Waals surface area contributed by atoms with Gasteiger partial charge in [0.25, 0.3) is 0 Å². The third-order valence-electron chi connectivity index (χ3n) is 7.54. The Morgan fingerprint density at radius 2 is 1.05 bits per heavy atom. The normalized spacial score (nSPS) is 13.8. The van der Waals surface area contributed by atoms with Gasteiger partial charge in [0.2, 0.25) is 0 Å². The summed E-state index contributed by atoms with van der Waals surface area (Å²) >= 11 is 1.61. The number of ether oxygens (including phenoxy) is 1. The maximum absolute atomic E-state index is 6.53. The number of nitrogens with zero attached hydrogens (tertiary/aromatic N) is 2. The molecule has 1 spiro atoms. The second-order valence-corrected chi connectivity index (χ2v) is 10.4. The van der Waals surface area contributed by atoms with Crippen molar-refractivity contribution >= 4 is 11.3 Å². The lowest BCUT2D eigenvalue weighted by Crippen LogP contribution is -2.32. The number of rotatable bonds is 2. The second kappa shape index (κ2) is 7.73. The number of para-hydroxylation sites is 1. The van der Waals surface area contributed by atoms with E-state index in [1.807, 2.05) is 24.3 Å². The molecule has 2 aliphatic rings. The average molecular weight is 493 g/mol. The number of benzene rings is 5. The lowest BCUT2D eigenvalue weighted by atomic mass is 9.66. The summed E-state index contributed by atoms with van der Waals surface area (Å²) < 4.78 is 6.53. The van der Waals surface area contributed by atoms with E-state index in [4.69, 9.17) is 4.74 Å². The largest absolute Gasteiger partial charge is 0.457 e. The zero-order valence-electron chi connectivity index (χ0n) is 19.8. The van der Waals surface area contributed by atoms with Gasteiger partial charge in [0.15, 0.2) is 0 Å². The highest BCUT2D eigenvalue weighted by molar-refractivity contribution is 7.17. The Hall–Kier alpha value is -4.54. The predicted octanol–water partition coefficient (Wildman–Crippen LogP) is 8.34. The summed E-state index contributed by atoms with van der Waals surface area (Å²) in [5.74, 6) is 1.78. The average Bonchev–Trinajstić information content (AvgIpc) is 3.57. The van der Waals surface area contributed by atoms with Crippen LogP contribution >= 0.6 is 11.3 Å². The summed E-state index contributed by atoms with van der Waals surface area (Å²) in [7, 11) is 0. The van der Waals surface area contributed by atoms with Crippen molar-refractivity contribution in [1.82, 2.24) is 10.2 Å². The summed E-state index contributed by atoms with van der Waals surface area (Å²) in [4.78, 5) is 0. The van der Waals surface area contributed by atoms with Gasteiger partial charge in [-0.1, -0.05) is 108 Å². The van der Waals surface area contributed by atoms with Gasteiger partial charge in [-0.25, -0.2) is 0 Å². The molecule has 0 saturated carbocycles. The fourth-order valence-corrected chi connectivity index (χ4v) is 6.87. The first kappa shape index (κ1) is 20.6.